The van der Waals surface area contributed by atoms with Gasteiger partial charge in [0.1, 0.15) is 5.41 Å². The van der Waals surface area contributed by atoms with Crippen molar-refractivity contribution >= 4 is 5.97 Å². The fourth-order valence-electron chi connectivity index (χ4n) is 5.01. The van der Waals surface area contributed by atoms with Gasteiger partial charge in [0.25, 0.3) is 5.56 Å². The van der Waals surface area contributed by atoms with Gasteiger partial charge in [-0.3, -0.25) is 9.59 Å². The van der Waals surface area contributed by atoms with Gasteiger partial charge in [-0.15, -0.1) is 0 Å². The highest BCUT2D eigenvalue weighted by molar-refractivity contribution is 5.83. The molecule has 0 amide bonds. The van der Waals surface area contributed by atoms with Gasteiger partial charge in [0, 0.05) is 6.07 Å². The molecule has 1 atom stereocenters. The summed E-state index contributed by atoms with van der Waals surface area (Å²) >= 11 is 0. The molecular formula is C23H27F3N2O3. The number of halogens is 3. The lowest BCUT2D eigenvalue weighted by Crippen LogP contribution is -2.52. The minimum Gasteiger partial charge on any atom is -0.481 e. The summed E-state index contributed by atoms with van der Waals surface area (Å²) in [7, 11) is 0. The normalized spacial score (nSPS) is 17.5. The number of hydrogen-bond acceptors (Lipinski definition) is 3. The van der Waals surface area contributed by atoms with Crippen molar-refractivity contribution < 1.29 is 23.1 Å². The van der Waals surface area contributed by atoms with Crippen molar-refractivity contribution in [3.05, 3.63) is 63.6 Å². The van der Waals surface area contributed by atoms with Gasteiger partial charge in [-0.2, -0.15) is 18.3 Å². The molecule has 0 radical (unpaired) electrons. The van der Waals surface area contributed by atoms with Gasteiger partial charge in [0.05, 0.1) is 18.3 Å². The third kappa shape index (κ3) is 4.25. The molecule has 1 heterocycles. The second-order valence-corrected chi connectivity index (χ2v) is 9.28. The third-order valence-electron chi connectivity index (χ3n) is 6.43. The molecule has 1 saturated carbocycles. The zero-order chi connectivity index (χ0) is 23.0. The van der Waals surface area contributed by atoms with Crippen molar-refractivity contribution in [2.45, 2.75) is 64.6 Å². The molecule has 1 N–H and O–H groups in total. The van der Waals surface area contributed by atoms with Crippen LogP contribution < -0.4 is 5.56 Å². The molecule has 5 nitrogen and oxygen atoms in total. The predicted molar refractivity (Wildman–Crippen MR) is 110 cm³/mol. The number of nitrogens with zero attached hydrogens (tertiary/aromatic N) is 2. The molecule has 0 spiro atoms. The van der Waals surface area contributed by atoms with E-state index in [9.17, 15) is 27.9 Å². The summed E-state index contributed by atoms with van der Waals surface area (Å²) in [6.45, 7) is 5.83. The van der Waals surface area contributed by atoms with Crippen LogP contribution in [-0.2, 0) is 22.9 Å². The molecule has 1 aliphatic carbocycles. The Morgan fingerprint density at radius 1 is 1.10 bits per heavy atom. The zero-order valence-corrected chi connectivity index (χ0v) is 17.9. The van der Waals surface area contributed by atoms with Crippen LogP contribution in [0.15, 0.2) is 41.3 Å². The summed E-state index contributed by atoms with van der Waals surface area (Å²) in [5.74, 6) is -0.824. The van der Waals surface area contributed by atoms with Crippen molar-refractivity contribution in [3.63, 3.8) is 0 Å². The van der Waals surface area contributed by atoms with Crippen LogP contribution in [0.1, 0.15) is 63.1 Å². The van der Waals surface area contributed by atoms with Crippen molar-refractivity contribution in [2.24, 2.45) is 11.3 Å². The summed E-state index contributed by atoms with van der Waals surface area (Å²) in [4.78, 5) is 24.7. The first-order chi connectivity index (χ1) is 14.4. The number of rotatable bonds is 5. The summed E-state index contributed by atoms with van der Waals surface area (Å²) < 4.78 is 39.2. The number of benzene rings is 1. The Labute approximate surface area is 178 Å². The lowest BCUT2D eigenvalue weighted by molar-refractivity contribution is -0.152. The molecular weight excluding hydrogens is 409 g/mol. The molecule has 0 bridgehead atoms. The van der Waals surface area contributed by atoms with E-state index in [2.05, 4.69) is 5.10 Å². The fourth-order valence-corrected chi connectivity index (χ4v) is 5.01. The molecule has 2 aromatic rings. The van der Waals surface area contributed by atoms with Crippen molar-refractivity contribution in [3.8, 4) is 0 Å². The Hall–Kier alpha value is -2.64. The summed E-state index contributed by atoms with van der Waals surface area (Å²) in [5, 5.41) is 14.0. The molecule has 0 aliphatic heterocycles. The molecule has 0 saturated heterocycles. The number of aliphatic carboxylic acids is 1. The summed E-state index contributed by atoms with van der Waals surface area (Å²) in [6, 6.07) is 7.50. The van der Waals surface area contributed by atoms with Crippen LogP contribution in [0.3, 0.4) is 0 Å². The van der Waals surface area contributed by atoms with Gasteiger partial charge in [-0.25, -0.2) is 4.68 Å². The van der Waals surface area contributed by atoms with E-state index in [-0.39, 0.29) is 12.5 Å². The number of aromatic nitrogens is 2. The molecule has 1 unspecified atom stereocenters. The van der Waals surface area contributed by atoms with Crippen LogP contribution in [0.4, 0.5) is 13.2 Å². The largest absolute Gasteiger partial charge is 0.481 e. The van der Waals surface area contributed by atoms with Crippen molar-refractivity contribution in [2.75, 3.05) is 0 Å². The Morgan fingerprint density at radius 2 is 1.68 bits per heavy atom. The number of alkyl halides is 3. The van der Waals surface area contributed by atoms with E-state index in [1.54, 1.807) is 24.3 Å². The van der Waals surface area contributed by atoms with Gasteiger partial charge in [0.15, 0.2) is 0 Å². The Balaban J connectivity index is 1.94. The second kappa shape index (κ2) is 8.13. The fraction of sp³-hybridized carbons (Fsp3) is 0.522. The lowest BCUT2D eigenvalue weighted by Gasteiger charge is -2.46. The molecule has 31 heavy (non-hydrogen) atoms. The van der Waals surface area contributed by atoms with E-state index >= 15 is 0 Å². The molecule has 1 fully saturated rings. The van der Waals surface area contributed by atoms with E-state index in [0.29, 0.717) is 23.4 Å². The van der Waals surface area contributed by atoms with Crippen molar-refractivity contribution in [1.82, 2.24) is 9.78 Å². The summed E-state index contributed by atoms with van der Waals surface area (Å²) in [6.07, 6.45) is -0.260. The van der Waals surface area contributed by atoms with Gasteiger partial charge in [0.2, 0.25) is 0 Å². The topological polar surface area (TPSA) is 72.2 Å². The van der Waals surface area contributed by atoms with Gasteiger partial charge >= 0.3 is 12.1 Å². The maximum absolute atomic E-state index is 12.7. The molecule has 3 rings (SSSR count). The second-order valence-electron chi connectivity index (χ2n) is 9.28. The van der Waals surface area contributed by atoms with Crippen LogP contribution >= 0.6 is 0 Å². The smallest absolute Gasteiger partial charge is 0.418 e. The van der Waals surface area contributed by atoms with E-state index in [1.807, 2.05) is 20.8 Å². The van der Waals surface area contributed by atoms with Crippen LogP contribution in [0.2, 0.25) is 0 Å². The average Bonchev–Trinajstić information content (AvgIpc) is 3.17. The highest BCUT2D eigenvalue weighted by Gasteiger charge is 2.55. The lowest BCUT2D eigenvalue weighted by atomic mass is 9.55. The van der Waals surface area contributed by atoms with Gasteiger partial charge < -0.3 is 5.11 Å². The number of carboxylic acid groups (broad SMARTS) is 1. The third-order valence-corrected chi connectivity index (χ3v) is 6.43. The number of hydrogen-bond donors (Lipinski definition) is 1. The zero-order valence-electron chi connectivity index (χ0n) is 17.9. The Bertz CT molecular complexity index is 1000. The Kier molecular flexibility index (Phi) is 6.04. The minimum atomic E-state index is -4.62. The standard InChI is InChI=1S/C23H27F3N2O3/c1-21(2,3)22(20(30)31,16-6-4-5-7-16)17-10-8-15(9-11-17)14-28-19(29)12-18(13-27-28)23(24,25)26/h8-13,16H,4-7,14H2,1-3H3,(H,30,31). The minimum absolute atomic E-state index is 0.00370. The first-order valence-corrected chi connectivity index (χ1v) is 10.3. The molecule has 8 heteroatoms. The van der Waals surface area contributed by atoms with E-state index in [0.717, 1.165) is 30.4 Å². The van der Waals surface area contributed by atoms with E-state index < -0.39 is 34.1 Å². The Morgan fingerprint density at radius 3 is 2.13 bits per heavy atom. The highest BCUT2D eigenvalue weighted by Crippen LogP contribution is 2.52. The predicted octanol–water partition coefficient (Wildman–Crippen LogP) is 4.87. The maximum atomic E-state index is 12.7. The van der Waals surface area contributed by atoms with Crippen LogP contribution in [-0.4, -0.2) is 20.9 Å². The van der Waals surface area contributed by atoms with Crippen LogP contribution in [0.25, 0.3) is 0 Å². The molecule has 168 valence electrons. The number of carboxylic acids is 1. The first kappa shape index (κ1) is 23.0. The van der Waals surface area contributed by atoms with E-state index in [1.165, 1.54) is 0 Å². The molecule has 1 aromatic heterocycles. The van der Waals surface area contributed by atoms with Crippen LogP contribution in [0, 0.1) is 11.3 Å². The SMILES string of the molecule is CC(C)(C)C(C(=O)O)(c1ccc(Cn2ncc(C(F)(F)F)cc2=O)cc1)C1CCCC1. The molecule has 1 aromatic carbocycles. The average molecular weight is 436 g/mol. The van der Waals surface area contributed by atoms with E-state index in [4.69, 9.17) is 0 Å². The van der Waals surface area contributed by atoms with Crippen LogP contribution in [0.5, 0.6) is 0 Å². The van der Waals surface area contributed by atoms with Gasteiger partial charge in [-0.1, -0.05) is 57.9 Å². The molecule has 1 aliphatic rings. The van der Waals surface area contributed by atoms with Gasteiger partial charge in [-0.05, 0) is 35.3 Å². The monoisotopic (exact) mass is 436 g/mol. The highest BCUT2D eigenvalue weighted by atomic mass is 19.4. The quantitative estimate of drug-likeness (QED) is 0.726. The first-order valence-electron chi connectivity index (χ1n) is 10.3. The van der Waals surface area contributed by atoms with Crippen molar-refractivity contribution in [1.29, 1.82) is 0 Å². The summed E-state index contributed by atoms with van der Waals surface area (Å²) in [5.41, 5.74) is -2.16. The number of carbonyl (C=O) groups is 1. The maximum Gasteiger partial charge on any atom is 0.418 e.